The van der Waals surface area contributed by atoms with Crippen molar-refractivity contribution in [3.63, 3.8) is 0 Å². The Labute approximate surface area is 317 Å². The van der Waals surface area contributed by atoms with Gasteiger partial charge in [-0.1, -0.05) is 121 Å². The minimum atomic E-state index is -0.463. The van der Waals surface area contributed by atoms with Crippen molar-refractivity contribution in [2.45, 2.75) is 18.4 Å². The smallest absolute Gasteiger partial charge is 0.165 e. The van der Waals surface area contributed by atoms with Crippen molar-refractivity contribution in [3.8, 4) is 62.2 Å². The molecule has 1 aliphatic heterocycles. The molecule has 55 heavy (non-hydrogen) atoms. The van der Waals surface area contributed by atoms with E-state index in [0.717, 1.165) is 77.5 Å². The topological polar surface area (TPSA) is 73.9 Å². The lowest BCUT2D eigenvalue weighted by Crippen LogP contribution is -2.32. The van der Waals surface area contributed by atoms with Crippen LogP contribution in [0.1, 0.15) is 18.4 Å². The third-order valence-corrected chi connectivity index (χ3v) is 10.9. The lowest BCUT2D eigenvalue weighted by atomic mass is 9.82. The summed E-state index contributed by atoms with van der Waals surface area (Å²) < 4.78 is 13.5. The summed E-state index contributed by atoms with van der Waals surface area (Å²) in [5, 5.41) is 3.17. The summed E-state index contributed by atoms with van der Waals surface area (Å²) in [6.45, 7) is 2.16. The van der Waals surface area contributed by atoms with Gasteiger partial charge in [-0.2, -0.15) is 0 Å². The maximum Gasteiger partial charge on any atom is 0.165 e. The van der Waals surface area contributed by atoms with Gasteiger partial charge in [0, 0.05) is 61.7 Å². The van der Waals surface area contributed by atoms with Gasteiger partial charge in [0.2, 0.25) is 0 Å². The van der Waals surface area contributed by atoms with Crippen molar-refractivity contribution < 1.29 is 9.15 Å². The molecule has 11 rings (SSSR count). The lowest BCUT2D eigenvalue weighted by Gasteiger charge is -2.27. The summed E-state index contributed by atoms with van der Waals surface area (Å²) >= 11 is 0. The molecule has 0 spiro atoms. The number of aromatic nitrogens is 4. The van der Waals surface area contributed by atoms with Gasteiger partial charge in [0.1, 0.15) is 22.5 Å². The minimum absolute atomic E-state index is 0.120. The molecule has 6 aromatic carbocycles. The van der Waals surface area contributed by atoms with Crippen LogP contribution in [0, 0.1) is 0 Å². The van der Waals surface area contributed by atoms with Crippen LogP contribution in [0.25, 0.3) is 89.3 Å². The molecule has 2 aliphatic rings. The molecule has 1 aliphatic carbocycles. The van der Waals surface area contributed by atoms with E-state index in [1.54, 1.807) is 0 Å². The molecule has 6 heteroatoms. The molecule has 0 bridgehead atoms. The van der Waals surface area contributed by atoms with Crippen LogP contribution in [0.2, 0.25) is 0 Å². The molecular formula is C49H32N4O2. The van der Waals surface area contributed by atoms with Crippen LogP contribution in [-0.4, -0.2) is 25.5 Å². The average Bonchev–Trinajstić information content (AvgIpc) is 3.78. The first-order chi connectivity index (χ1) is 27.1. The molecule has 2 atom stereocenters. The first-order valence-electron chi connectivity index (χ1n) is 18.5. The van der Waals surface area contributed by atoms with E-state index in [0.29, 0.717) is 17.5 Å². The largest absolute Gasteiger partial charge is 0.482 e. The molecule has 0 N–H and O–H groups in total. The summed E-state index contributed by atoms with van der Waals surface area (Å²) in [4.78, 5) is 20.1. The third-order valence-electron chi connectivity index (χ3n) is 10.9. The Balaban J connectivity index is 1.16. The summed E-state index contributed by atoms with van der Waals surface area (Å²) in [5.41, 5.74) is 9.82. The molecule has 0 saturated heterocycles. The van der Waals surface area contributed by atoms with Crippen molar-refractivity contribution in [1.82, 2.24) is 19.9 Å². The van der Waals surface area contributed by atoms with Crippen LogP contribution >= 0.6 is 0 Å². The molecule has 3 aromatic heterocycles. The maximum atomic E-state index is 6.87. The van der Waals surface area contributed by atoms with Crippen molar-refractivity contribution in [1.29, 1.82) is 0 Å². The van der Waals surface area contributed by atoms with E-state index in [-0.39, 0.29) is 5.92 Å². The molecule has 0 fully saturated rings. The summed E-state index contributed by atoms with van der Waals surface area (Å²) in [6.07, 6.45) is 10.4. The van der Waals surface area contributed by atoms with Gasteiger partial charge in [0.25, 0.3) is 0 Å². The van der Waals surface area contributed by atoms with Gasteiger partial charge in [0.05, 0.1) is 5.52 Å². The molecule has 6 nitrogen and oxygen atoms in total. The monoisotopic (exact) mass is 708 g/mol. The van der Waals surface area contributed by atoms with Crippen molar-refractivity contribution in [2.75, 3.05) is 0 Å². The maximum absolute atomic E-state index is 6.87. The van der Waals surface area contributed by atoms with Gasteiger partial charge in [-0.05, 0) is 60.5 Å². The van der Waals surface area contributed by atoms with Gasteiger partial charge in [-0.3, -0.25) is 4.98 Å². The fraction of sp³-hybridized carbons (Fsp3) is 0.0612. The summed E-state index contributed by atoms with van der Waals surface area (Å²) in [5.74, 6) is 2.69. The molecule has 9 aromatic rings. The van der Waals surface area contributed by atoms with E-state index in [1.165, 1.54) is 5.56 Å². The highest BCUT2D eigenvalue weighted by Crippen LogP contribution is 2.52. The van der Waals surface area contributed by atoms with E-state index in [9.17, 15) is 0 Å². The van der Waals surface area contributed by atoms with Crippen LogP contribution in [0.15, 0.2) is 174 Å². The number of fused-ring (bicyclic) bond motifs is 7. The van der Waals surface area contributed by atoms with Crippen LogP contribution in [0.5, 0.6) is 5.75 Å². The Morgan fingerprint density at radius 1 is 0.564 bits per heavy atom. The highest BCUT2D eigenvalue weighted by atomic mass is 16.5. The first kappa shape index (κ1) is 31.4. The predicted octanol–water partition coefficient (Wildman–Crippen LogP) is 12.0. The number of ether oxygens (including phenoxy) is 1. The van der Waals surface area contributed by atoms with Gasteiger partial charge < -0.3 is 9.15 Å². The molecule has 0 saturated carbocycles. The number of furan rings is 1. The zero-order chi connectivity index (χ0) is 36.5. The van der Waals surface area contributed by atoms with E-state index in [4.69, 9.17) is 29.1 Å². The van der Waals surface area contributed by atoms with E-state index < -0.39 is 5.60 Å². The quantitative estimate of drug-likeness (QED) is 0.177. The van der Waals surface area contributed by atoms with Gasteiger partial charge in [-0.25, -0.2) is 15.0 Å². The molecule has 2 unspecified atom stereocenters. The zero-order valence-corrected chi connectivity index (χ0v) is 29.8. The number of rotatable bonds is 5. The number of pyridine rings is 1. The first-order valence-corrected chi connectivity index (χ1v) is 18.5. The van der Waals surface area contributed by atoms with E-state index in [1.807, 2.05) is 66.9 Å². The van der Waals surface area contributed by atoms with Gasteiger partial charge in [0.15, 0.2) is 17.5 Å². The van der Waals surface area contributed by atoms with E-state index >= 15 is 0 Å². The summed E-state index contributed by atoms with van der Waals surface area (Å²) in [6, 6.07) is 47.8. The third kappa shape index (κ3) is 5.17. The lowest BCUT2D eigenvalue weighted by molar-refractivity contribution is 0.156. The zero-order valence-electron chi connectivity index (χ0n) is 29.8. The van der Waals surface area contributed by atoms with Crippen LogP contribution in [0.4, 0.5) is 0 Å². The number of allylic oxidation sites excluding steroid dienone is 2. The second kappa shape index (κ2) is 12.2. The van der Waals surface area contributed by atoms with Crippen LogP contribution in [0.3, 0.4) is 0 Å². The Bertz CT molecular complexity index is 3060. The fourth-order valence-electron chi connectivity index (χ4n) is 8.17. The molecule has 0 radical (unpaired) electrons. The second-order valence-electron chi connectivity index (χ2n) is 14.4. The Morgan fingerprint density at radius 3 is 2.15 bits per heavy atom. The summed E-state index contributed by atoms with van der Waals surface area (Å²) in [7, 11) is 0. The fourth-order valence-corrected chi connectivity index (χ4v) is 8.17. The number of hydrogen-bond donors (Lipinski definition) is 0. The van der Waals surface area contributed by atoms with E-state index in [2.05, 4.69) is 110 Å². The number of nitrogens with zero attached hydrogens (tertiary/aromatic N) is 4. The standard InChI is InChI=1S/C49H32N4O2/c1-49-24-10-9-21-41(49)40-20-12-18-37(45(40)55-49)33-26-32(36-17-11-19-39-38-16-6-8-23-43(38)54-44(36)39)27-34(28-33)47-51-46(30-13-3-2-4-14-30)52-48(53-47)35-25-31-15-5-7-22-42(31)50-29-35/h2-29,41H,1H3. The average molecular weight is 709 g/mol. The van der Waals surface area contributed by atoms with Crippen LogP contribution in [-0.2, 0) is 0 Å². The molecule has 260 valence electrons. The molecular weight excluding hydrogens is 677 g/mol. The van der Waals surface area contributed by atoms with Gasteiger partial charge >= 0.3 is 0 Å². The highest BCUT2D eigenvalue weighted by Gasteiger charge is 2.43. The molecule has 4 heterocycles. The number of hydrogen-bond acceptors (Lipinski definition) is 6. The van der Waals surface area contributed by atoms with Gasteiger partial charge in [-0.15, -0.1) is 0 Å². The molecule has 0 amide bonds. The van der Waals surface area contributed by atoms with Crippen molar-refractivity contribution in [2.24, 2.45) is 0 Å². The van der Waals surface area contributed by atoms with Crippen molar-refractivity contribution in [3.05, 3.63) is 176 Å². The number of para-hydroxylation sites is 4. The Kier molecular flexibility index (Phi) is 6.95. The Hall–Kier alpha value is -7.18. The SMILES string of the molecule is CC12C=CC=CC1c1cccc(-c3cc(-c4nc(-c5ccccc5)nc(-c5cnc6ccccc6c5)n4)cc(-c4cccc5c4oc4ccccc45)c3)c1O2. The normalized spacial score (nSPS) is 17.1. The minimum Gasteiger partial charge on any atom is -0.482 e. The second-order valence-corrected chi connectivity index (χ2v) is 14.4. The van der Waals surface area contributed by atoms with Crippen LogP contribution < -0.4 is 4.74 Å². The predicted molar refractivity (Wildman–Crippen MR) is 220 cm³/mol. The Morgan fingerprint density at radius 2 is 1.25 bits per heavy atom. The van der Waals surface area contributed by atoms with Crippen molar-refractivity contribution >= 4 is 32.8 Å². The highest BCUT2D eigenvalue weighted by molar-refractivity contribution is 6.10. The number of benzene rings is 6.